The van der Waals surface area contributed by atoms with Crippen LogP contribution in [0.3, 0.4) is 0 Å². The van der Waals surface area contributed by atoms with Gasteiger partial charge >= 0.3 is 0 Å². The lowest BCUT2D eigenvalue weighted by Gasteiger charge is -2.25. The van der Waals surface area contributed by atoms with Crippen LogP contribution in [0.4, 0.5) is 5.69 Å². The summed E-state index contributed by atoms with van der Waals surface area (Å²) >= 11 is 5.89. The lowest BCUT2D eigenvalue weighted by Crippen LogP contribution is -2.35. The Bertz CT molecular complexity index is 591. The van der Waals surface area contributed by atoms with Crippen molar-refractivity contribution in [2.75, 3.05) is 4.90 Å². The fourth-order valence-corrected chi connectivity index (χ4v) is 3.66. The Balaban J connectivity index is 1.94. The van der Waals surface area contributed by atoms with E-state index in [4.69, 9.17) is 11.6 Å². The Kier molecular flexibility index (Phi) is 3.66. The highest BCUT2D eigenvalue weighted by Gasteiger charge is 2.51. The lowest BCUT2D eigenvalue weighted by molar-refractivity contribution is -0.126. The first-order valence-electron chi connectivity index (χ1n) is 7.39. The molecule has 1 N–H and O–H groups in total. The third-order valence-electron chi connectivity index (χ3n) is 4.65. The molecule has 2 aliphatic rings. The van der Waals surface area contributed by atoms with E-state index in [0.717, 1.165) is 38.5 Å². The van der Waals surface area contributed by atoms with Crippen molar-refractivity contribution in [3.8, 4) is 5.75 Å². The number of imide groups is 1. The molecule has 1 heterocycles. The largest absolute Gasteiger partial charge is 0.506 e. The molecule has 1 spiro atoms. The van der Waals surface area contributed by atoms with Gasteiger partial charge < -0.3 is 5.11 Å². The highest BCUT2D eigenvalue weighted by Crippen LogP contribution is 2.46. The SMILES string of the molecule is O=C1CC2(CCCCCC2)C(=O)N1c1ccc(O)c(Cl)c1. The van der Waals surface area contributed by atoms with Crippen molar-refractivity contribution in [3.05, 3.63) is 23.2 Å². The predicted octanol–water partition coefficient (Wildman–Crippen LogP) is 3.65. The summed E-state index contributed by atoms with van der Waals surface area (Å²) < 4.78 is 0. The molecule has 5 heteroatoms. The number of phenols is 1. The van der Waals surface area contributed by atoms with Crippen molar-refractivity contribution >= 4 is 29.1 Å². The third-order valence-corrected chi connectivity index (χ3v) is 4.95. The van der Waals surface area contributed by atoms with Gasteiger partial charge in [0.2, 0.25) is 11.8 Å². The lowest BCUT2D eigenvalue weighted by atomic mass is 9.79. The highest BCUT2D eigenvalue weighted by molar-refractivity contribution is 6.32. The summed E-state index contributed by atoms with van der Waals surface area (Å²) in [7, 11) is 0. The van der Waals surface area contributed by atoms with Gasteiger partial charge in [0.05, 0.1) is 16.1 Å². The van der Waals surface area contributed by atoms with Crippen LogP contribution in [0.5, 0.6) is 5.75 Å². The minimum atomic E-state index is -0.516. The fourth-order valence-electron chi connectivity index (χ4n) is 3.49. The standard InChI is InChI=1S/C16H18ClNO3/c17-12-9-11(5-6-13(12)19)18-14(20)10-16(15(18)21)7-3-1-2-4-8-16/h5-6,9,19H,1-4,7-8,10H2. The Morgan fingerprint density at radius 2 is 1.76 bits per heavy atom. The van der Waals surface area contributed by atoms with Crippen LogP contribution >= 0.6 is 11.6 Å². The number of carbonyl (C=O) groups is 2. The zero-order valence-electron chi connectivity index (χ0n) is 11.8. The van der Waals surface area contributed by atoms with Gasteiger partial charge in [0.25, 0.3) is 0 Å². The maximum Gasteiger partial charge on any atom is 0.240 e. The molecular weight excluding hydrogens is 290 g/mol. The number of hydrogen-bond acceptors (Lipinski definition) is 3. The van der Waals surface area contributed by atoms with Gasteiger partial charge in [-0.05, 0) is 31.0 Å². The molecule has 21 heavy (non-hydrogen) atoms. The predicted molar refractivity (Wildman–Crippen MR) is 80.4 cm³/mol. The number of hydrogen-bond donors (Lipinski definition) is 1. The van der Waals surface area contributed by atoms with E-state index < -0.39 is 5.41 Å². The molecule has 1 aliphatic heterocycles. The fraction of sp³-hybridized carbons (Fsp3) is 0.500. The van der Waals surface area contributed by atoms with Gasteiger partial charge in [-0.15, -0.1) is 0 Å². The van der Waals surface area contributed by atoms with Crippen LogP contribution < -0.4 is 4.90 Å². The average Bonchev–Trinajstić information content (AvgIpc) is 2.61. The number of benzene rings is 1. The second-order valence-corrected chi connectivity index (χ2v) is 6.45. The average molecular weight is 308 g/mol. The number of aromatic hydroxyl groups is 1. The van der Waals surface area contributed by atoms with Crippen LogP contribution in [-0.4, -0.2) is 16.9 Å². The summed E-state index contributed by atoms with van der Waals surface area (Å²) in [5.74, 6) is -0.316. The van der Waals surface area contributed by atoms with Crippen LogP contribution in [-0.2, 0) is 9.59 Å². The van der Waals surface area contributed by atoms with E-state index in [1.165, 1.54) is 17.0 Å². The molecule has 1 aromatic rings. The van der Waals surface area contributed by atoms with Crippen molar-refractivity contribution in [2.45, 2.75) is 44.9 Å². The normalized spacial score (nSPS) is 21.9. The second kappa shape index (κ2) is 5.34. The van der Waals surface area contributed by atoms with Gasteiger partial charge in [0.1, 0.15) is 5.75 Å². The number of halogens is 1. The molecule has 1 saturated carbocycles. The van der Waals surface area contributed by atoms with Crippen LogP contribution in [0, 0.1) is 5.41 Å². The van der Waals surface area contributed by atoms with Crippen LogP contribution in [0.2, 0.25) is 5.02 Å². The van der Waals surface area contributed by atoms with Gasteiger partial charge in [-0.1, -0.05) is 37.3 Å². The first-order valence-corrected chi connectivity index (χ1v) is 7.77. The van der Waals surface area contributed by atoms with Gasteiger partial charge in [0, 0.05) is 6.42 Å². The monoisotopic (exact) mass is 307 g/mol. The molecule has 4 nitrogen and oxygen atoms in total. The number of rotatable bonds is 1. The van der Waals surface area contributed by atoms with E-state index in [0.29, 0.717) is 12.1 Å². The number of anilines is 1. The van der Waals surface area contributed by atoms with Gasteiger partial charge in [-0.2, -0.15) is 0 Å². The maximum atomic E-state index is 12.8. The van der Waals surface area contributed by atoms with Gasteiger partial charge in [0.15, 0.2) is 0 Å². The molecule has 0 atom stereocenters. The van der Waals surface area contributed by atoms with Crippen molar-refractivity contribution in [1.82, 2.24) is 0 Å². The number of carbonyl (C=O) groups excluding carboxylic acids is 2. The number of nitrogens with zero attached hydrogens (tertiary/aromatic N) is 1. The molecule has 1 aliphatic carbocycles. The quantitative estimate of drug-likeness (QED) is 0.806. The Hall–Kier alpha value is -1.55. The Labute approximate surface area is 128 Å². The molecule has 112 valence electrons. The smallest absolute Gasteiger partial charge is 0.240 e. The van der Waals surface area contributed by atoms with Crippen LogP contribution in [0.15, 0.2) is 18.2 Å². The van der Waals surface area contributed by atoms with Crippen LogP contribution in [0.1, 0.15) is 44.9 Å². The Morgan fingerprint density at radius 1 is 1.10 bits per heavy atom. The number of phenolic OH excluding ortho intramolecular Hbond substituents is 1. The van der Waals surface area contributed by atoms with E-state index in [1.54, 1.807) is 6.07 Å². The molecule has 1 saturated heterocycles. The molecule has 3 rings (SSSR count). The summed E-state index contributed by atoms with van der Waals surface area (Å²) in [6, 6.07) is 4.45. The van der Waals surface area contributed by atoms with Gasteiger partial charge in [-0.3, -0.25) is 9.59 Å². The minimum Gasteiger partial charge on any atom is -0.506 e. The summed E-state index contributed by atoms with van der Waals surface area (Å²) in [5.41, 5.74) is -0.0632. The molecular formula is C16H18ClNO3. The van der Waals surface area contributed by atoms with Crippen molar-refractivity contribution < 1.29 is 14.7 Å². The van der Waals surface area contributed by atoms with Crippen LogP contribution in [0.25, 0.3) is 0 Å². The Morgan fingerprint density at radius 3 is 2.38 bits per heavy atom. The molecule has 2 amide bonds. The first kappa shape index (κ1) is 14.4. The zero-order valence-corrected chi connectivity index (χ0v) is 12.5. The summed E-state index contributed by atoms with van der Waals surface area (Å²) in [6.07, 6.45) is 6.15. The van der Waals surface area contributed by atoms with Crippen molar-refractivity contribution in [1.29, 1.82) is 0 Å². The van der Waals surface area contributed by atoms with E-state index >= 15 is 0 Å². The molecule has 2 fully saturated rings. The van der Waals surface area contributed by atoms with Crippen molar-refractivity contribution in [2.24, 2.45) is 5.41 Å². The molecule has 1 aromatic carbocycles. The van der Waals surface area contributed by atoms with E-state index in [-0.39, 0.29) is 22.6 Å². The summed E-state index contributed by atoms with van der Waals surface area (Å²) in [4.78, 5) is 26.5. The van der Waals surface area contributed by atoms with E-state index in [9.17, 15) is 14.7 Å². The zero-order chi connectivity index (χ0) is 15.0. The highest BCUT2D eigenvalue weighted by atomic mass is 35.5. The van der Waals surface area contributed by atoms with E-state index in [2.05, 4.69) is 0 Å². The second-order valence-electron chi connectivity index (χ2n) is 6.04. The summed E-state index contributed by atoms with van der Waals surface area (Å²) in [5, 5.41) is 9.63. The molecule has 0 unspecified atom stereocenters. The van der Waals surface area contributed by atoms with Crippen molar-refractivity contribution in [3.63, 3.8) is 0 Å². The molecule has 0 bridgehead atoms. The maximum absolute atomic E-state index is 12.8. The topological polar surface area (TPSA) is 57.6 Å². The molecule has 0 aromatic heterocycles. The number of amides is 2. The van der Waals surface area contributed by atoms with E-state index in [1.807, 2.05) is 0 Å². The molecule has 0 radical (unpaired) electrons. The summed E-state index contributed by atoms with van der Waals surface area (Å²) in [6.45, 7) is 0. The van der Waals surface area contributed by atoms with Gasteiger partial charge in [-0.25, -0.2) is 4.90 Å². The first-order chi connectivity index (χ1) is 10.0. The minimum absolute atomic E-state index is 0.0521. The third kappa shape index (κ3) is 2.42.